The minimum absolute atomic E-state index is 0.0434. The largest absolute Gasteiger partial charge is 0.295 e. The highest BCUT2D eigenvalue weighted by molar-refractivity contribution is 7.89. The van der Waals surface area contributed by atoms with Crippen LogP contribution < -0.4 is 4.72 Å². The van der Waals surface area contributed by atoms with E-state index in [0.29, 0.717) is 5.02 Å². The highest BCUT2D eigenvalue weighted by Gasteiger charge is 2.39. The van der Waals surface area contributed by atoms with E-state index < -0.39 is 10.0 Å². The molecule has 0 saturated heterocycles. The highest BCUT2D eigenvalue weighted by Crippen LogP contribution is 2.47. The Morgan fingerprint density at radius 3 is 2.14 bits per heavy atom. The number of rotatable bonds is 6. The number of nitrogens with zero attached hydrogens (tertiary/aromatic N) is 1. The molecule has 146 valence electrons. The van der Waals surface area contributed by atoms with Gasteiger partial charge >= 0.3 is 0 Å². The molecule has 0 aromatic heterocycles. The highest BCUT2D eigenvalue weighted by atomic mass is 35.5. The van der Waals surface area contributed by atoms with Gasteiger partial charge in [0.2, 0.25) is 10.0 Å². The predicted octanol–water partition coefficient (Wildman–Crippen LogP) is 4.91. The number of hydrogen-bond acceptors (Lipinski definition) is 3. The molecule has 2 atom stereocenters. The fourth-order valence-electron chi connectivity index (χ4n) is 4.26. The van der Waals surface area contributed by atoms with Crippen LogP contribution in [0, 0.1) is 0 Å². The first-order chi connectivity index (χ1) is 13.5. The topological polar surface area (TPSA) is 49.4 Å². The minimum Gasteiger partial charge on any atom is -0.295 e. The van der Waals surface area contributed by atoms with Gasteiger partial charge in [0.15, 0.2) is 0 Å². The fraction of sp³-hybridized carbons (Fsp3) is 0.273. The van der Waals surface area contributed by atoms with Crippen molar-refractivity contribution < 1.29 is 8.42 Å². The quantitative estimate of drug-likeness (QED) is 0.623. The second-order valence-corrected chi connectivity index (χ2v) is 9.16. The first-order valence-corrected chi connectivity index (χ1v) is 11.4. The van der Waals surface area contributed by atoms with Crippen molar-refractivity contribution in [2.45, 2.75) is 30.8 Å². The lowest BCUT2D eigenvalue weighted by Gasteiger charge is -2.32. The summed E-state index contributed by atoms with van der Waals surface area (Å²) in [6.07, 6.45) is 0. The first kappa shape index (κ1) is 19.4. The zero-order chi connectivity index (χ0) is 19.9. The lowest BCUT2D eigenvalue weighted by molar-refractivity contribution is 0.190. The van der Waals surface area contributed by atoms with Gasteiger partial charge in [-0.15, -0.1) is 0 Å². The summed E-state index contributed by atoms with van der Waals surface area (Å²) in [7, 11) is -3.69. The van der Waals surface area contributed by atoms with Crippen molar-refractivity contribution >= 4 is 32.4 Å². The Bertz CT molecular complexity index is 1100. The van der Waals surface area contributed by atoms with Crippen LogP contribution in [0.1, 0.15) is 37.1 Å². The average molecular weight is 415 g/mol. The van der Waals surface area contributed by atoms with Crippen molar-refractivity contribution in [2.75, 3.05) is 13.1 Å². The monoisotopic (exact) mass is 414 g/mol. The Labute approximate surface area is 171 Å². The molecule has 4 nitrogen and oxygen atoms in total. The van der Waals surface area contributed by atoms with Gasteiger partial charge in [-0.05, 0) is 59.3 Å². The molecule has 28 heavy (non-hydrogen) atoms. The van der Waals surface area contributed by atoms with Crippen molar-refractivity contribution in [1.82, 2.24) is 9.62 Å². The maximum absolute atomic E-state index is 13.1. The number of likely N-dealkylation sites (N-methyl/N-ethyl adjacent to an activating group) is 1. The molecule has 0 aliphatic heterocycles. The lowest BCUT2D eigenvalue weighted by Crippen LogP contribution is -2.38. The Hall–Kier alpha value is -1.92. The third-order valence-corrected chi connectivity index (χ3v) is 7.26. The SMILES string of the molecule is CCN(CC)[C@@H]1c2cccc3cccc(c23)[C@H]1NS(=O)(=O)c1ccc(Cl)cc1. The van der Waals surface area contributed by atoms with E-state index in [0.717, 1.165) is 29.4 Å². The Morgan fingerprint density at radius 2 is 1.54 bits per heavy atom. The van der Waals surface area contributed by atoms with Crippen LogP contribution in [-0.4, -0.2) is 26.4 Å². The summed E-state index contributed by atoms with van der Waals surface area (Å²) in [5.41, 5.74) is 2.21. The van der Waals surface area contributed by atoms with Gasteiger partial charge in [0.05, 0.1) is 17.0 Å². The molecular formula is C22H23ClN2O2S. The maximum atomic E-state index is 13.1. The first-order valence-electron chi connectivity index (χ1n) is 9.49. The molecule has 1 N–H and O–H groups in total. The molecule has 0 bridgehead atoms. The van der Waals surface area contributed by atoms with E-state index in [2.05, 4.69) is 41.7 Å². The molecule has 0 heterocycles. The number of nitrogens with one attached hydrogen (secondary N) is 1. The van der Waals surface area contributed by atoms with Crippen LogP contribution in [0.25, 0.3) is 10.8 Å². The van der Waals surface area contributed by atoms with Gasteiger partial charge in [-0.25, -0.2) is 13.1 Å². The third kappa shape index (κ3) is 3.22. The normalized spacial score (nSPS) is 18.9. The molecule has 1 aliphatic carbocycles. The van der Waals surface area contributed by atoms with E-state index >= 15 is 0 Å². The van der Waals surface area contributed by atoms with Crippen LogP contribution in [0.5, 0.6) is 0 Å². The van der Waals surface area contributed by atoms with Gasteiger partial charge in [0, 0.05) is 5.02 Å². The van der Waals surface area contributed by atoms with E-state index in [1.165, 1.54) is 5.56 Å². The Morgan fingerprint density at radius 1 is 0.929 bits per heavy atom. The summed E-state index contributed by atoms with van der Waals surface area (Å²) >= 11 is 5.93. The second kappa shape index (κ2) is 7.48. The molecule has 4 rings (SSSR count). The van der Waals surface area contributed by atoms with E-state index in [1.54, 1.807) is 24.3 Å². The summed E-state index contributed by atoms with van der Waals surface area (Å²) in [6, 6.07) is 18.2. The molecular weight excluding hydrogens is 392 g/mol. The van der Waals surface area contributed by atoms with Crippen LogP contribution in [0.2, 0.25) is 5.02 Å². The summed E-state index contributed by atoms with van der Waals surface area (Å²) in [6.45, 7) is 5.89. The molecule has 3 aromatic rings. The van der Waals surface area contributed by atoms with Crippen LogP contribution in [0.15, 0.2) is 65.6 Å². The van der Waals surface area contributed by atoms with Gasteiger partial charge in [-0.2, -0.15) is 0 Å². The molecule has 0 radical (unpaired) electrons. The zero-order valence-corrected chi connectivity index (χ0v) is 17.5. The number of halogens is 1. The van der Waals surface area contributed by atoms with Crippen molar-refractivity contribution in [3.63, 3.8) is 0 Å². The Balaban J connectivity index is 1.82. The van der Waals surface area contributed by atoms with Crippen molar-refractivity contribution in [2.24, 2.45) is 0 Å². The summed E-state index contributed by atoms with van der Waals surface area (Å²) in [5.74, 6) is 0. The molecule has 0 spiro atoms. The van der Waals surface area contributed by atoms with Crippen LogP contribution >= 0.6 is 11.6 Å². The molecule has 0 fully saturated rings. The van der Waals surface area contributed by atoms with Gasteiger partial charge in [-0.3, -0.25) is 4.90 Å². The zero-order valence-electron chi connectivity index (χ0n) is 15.9. The predicted molar refractivity (Wildman–Crippen MR) is 114 cm³/mol. The van der Waals surface area contributed by atoms with Gasteiger partial charge < -0.3 is 0 Å². The van der Waals surface area contributed by atoms with Gasteiger partial charge in [-0.1, -0.05) is 61.8 Å². The molecule has 3 aromatic carbocycles. The van der Waals surface area contributed by atoms with Crippen molar-refractivity contribution in [3.05, 3.63) is 76.8 Å². The van der Waals surface area contributed by atoms with Crippen LogP contribution in [0.3, 0.4) is 0 Å². The van der Waals surface area contributed by atoms with E-state index in [4.69, 9.17) is 11.6 Å². The van der Waals surface area contributed by atoms with E-state index in [1.807, 2.05) is 18.2 Å². The summed E-state index contributed by atoms with van der Waals surface area (Å²) < 4.78 is 29.3. The Kier molecular flexibility index (Phi) is 5.19. The van der Waals surface area contributed by atoms with Crippen molar-refractivity contribution in [3.8, 4) is 0 Å². The van der Waals surface area contributed by atoms with Gasteiger partial charge in [0.25, 0.3) is 0 Å². The summed E-state index contributed by atoms with van der Waals surface area (Å²) in [4.78, 5) is 2.53. The molecule has 1 aliphatic rings. The van der Waals surface area contributed by atoms with Crippen molar-refractivity contribution in [1.29, 1.82) is 0 Å². The standard InChI is InChI=1S/C22H23ClN2O2S/c1-3-25(4-2)22-19-10-6-8-15-7-5-9-18(20(15)19)21(22)24-28(26,27)17-13-11-16(23)12-14-17/h5-14,21-22,24H,3-4H2,1-2H3/t21-,22-/m1/s1. The smallest absolute Gasteiger partial charge is 0.241 e. The number of sulfonamides is 1. The van der Waals surface area contributed by atoms with Crippen LogP contribution in [-0.2, 0) is 10.0 Å². The van der Waals surface area contributed by atoms with Gasteiger partial charge in [0.1, 0.15) is 0 Å². The second-order valence-electron chi connectivity index (χ2n) is 7.01. The third-order valence-electron chi connectivity index (χ3n) is 5.55. The number of benzene rings is 3. The summed E-state index contributed by atoms with van der Waals surface area (Å²) in [5, 5.41) is 2.81. The van der Waals surface area contributed by atoms with E-state index in [-0.39, 0.29) is 17.0 Å². The average Bonchev–Trinajstić information content (AvgIpc) is 2.99. The molecule has 0 saturated carbocycles. The van der Waals surface area contributed by atoms with E-state index in [9.17, 15) is 8.42 Å². The molecule has 0 unspecified atom stereocenters. The number of hydrogen-bond donors (Lipinski definition) is 1. The minimum atomic E-state index is -3.69. The fourth-order valence-corrected chi connectivity index (χ4v) is 5.60. The molecule has 6 heteroatoms. The lowest BCUT2D eigenvalue weighted by atomic mass is 10.0. The molecule has 0 amide bonds. The van der Waals surface area contributed by atoms with Crippen LogP contribution in [0.4, 0.5) is 0 Å². The maximum Gasteiger partial charge on any atom is 0.241 e.